The highest BCUT2D eigenvalue weighted by molar-refractivity contribution is 5.88. The van der Waals surface area contributed by atoms with E-state index in [0.29, 0.717) is 18.7 Å². The van der Waals surface area contributed by atoms with Gasteiger partial charge in [0.15, 0.2) is 6.61 Å². The monoisotopic (exact) mass is 486 g/mol. The number of amides is 2. The van der Waals surface area contributed by atoms with E-state index in [9.17, 15) is 9.59 Å². The van der Waals surface area contributed by atoms with Crippen molar-refractivity contribution in [3.8, 4) is 5.75 Å². The van der Waals surface area contributed by atoms with E-state index in [2.05, 4.69) is 12.2 Å². The maximum absolute atomic E-state index is 13.6. The van der Waals surface area contributed by atoms with Gasteiger partial charge in [-0.2, -0.15) is 0 Å². The largest absolute Gasteiger partial charge is 0.484 e. The van der Waals surface area contributed by atoms with E-state index in [1.807, 2.05) is 99.6 Å². The van der Waals surface area contributed by atoms with Gasteiger partial charge >= 0.3 is 0 Å². The van der Waals surface area contributed by atoms with Gasteiger partial charge in [-0.05, 0) is 55.5 Å². The number of nitrogens with one attached hydrogen (secondary N) is 1. The molecule has 0 aliphatic heterocycles. The predicted molar refractivity (Wildman–Crippen MR) is 145 cm³/mol. The summed E-state index contributed by atoms with van der Waals surface area (Å²) < 4.78 is 5.86. The van der Waals surface area contributed by atoms with Crippen LogP contribution in [-0.4, -0.2) is 35.4 Å². The Balaban J connectivity index is 1.88. The molecule has 2 unspecified atom stereocenters. The molecule has 0 spiro atoms. The molecule has 5 nitrogen and oxygen atoms in total. The quantitative estimate of drug-likeness (QED) is 0.368. The van der Waals surface area contributed by atoms with Crippen LogP contribution >= 0.6 is 0 Å². The molecule has 36 heavy (non-hydrogen) atoms. The summed E-state index contributed by atoms with van der Waals surface area (Å²) in [5.74, 6) is 0.260. The number of hydrogen-bond acceptors (Lipinski definition) is 3. The average molecular weight is 487 g/mol. The summed E-state index contributed by atoms with van der Waals surface area (Å²) in [7, 11) is 0. The van der Waals surface area contributed by atoms with Crippen molar-refractivity contribution in [1.82, 2.24) is 10.2 Å². The fraction of sp³-hybridized carbons (Fsp3) is 0.355. The van der Waals surface area contributed by atoms with Crippen molar-refractivity contribution < 1.29 is 14.3 Å². The fourth-order valence-corrected chi connectivity index (χ4v) is 3.93. The molecule has 3 aromatic carbocycles. The fourth-order valence-electron chi connectivity index (χ4n) is 3.93. The van der Waals surface area contributed by atoms with Gasteiger partial charge in [0, 0.05) is 19.0 Å². The third kappa shape index (κ3) is 7.98. The lowest BCUT2D eigenvalue weighted by Crippen LogP contribution is -2.53. The van der Waals surface area contributed by atoms with Gasteiger partial charge in [0.25, 0.3) is 5.91 Å². The Morgan fingerprint density at radius 3 is 2.11 bits per heavy atom. The smallest absolute Gasteiger partial charge is 0.261 e. The predicted octanol–water partition coefficient (Wildman–Crippen LogP) is 5.49. The zero-order chi connectivity index (χ0) is 25.9. The molecule has 0 saturated heterocycles. The molecule has 0 heterocycles. The number of carbonyl (C=O) groups excluding carboxylic acids is 2. The number of aryl methyl sites for hydroxylation is 2. The number of benzene rings is 3. The van der Waals surface area contributed by atoms with Crippen LogP contribution in [-0.2, 0) is 29.0 Å². The van der Waals surface area contributed by atoms with Gasteiger partial charge in [0.05, 0.1) is 0 Å². The molecule has 3 rings (SSSR count). The first-order valence-corrected chi connectivity index (χ1v) is 12.8. The van der Waals surface area contributed by atoms with Crippen molar-refractivity contribution in [2.45, 2.75) is 65.6 Å². The topological polar surface area (TPSA) is 58.6 Å². The first kappa shape index (κ1) is 27.0. The van der Waals surface area contributed by atoms with Crippen LogP contribution in [0, 0.1) is 6.92 Å². The molecule has 0 aliphatic rings. The Bertz CT molecular complexity index is 1090. The standard InChI is InChI=1S/C31H38N2O3/c1-5-24(4)32-31(35)29(20-26-10-8-7-9-11-26)33(21-27-14-12-23(3)13-15-27)30(34)22-36-28-18-16-25(6-2)17-19-28/h7-19,24,29H,5-6,20-22H2,1-4H3,(H,32,35). The SMILES string of the molecule is CCc1ccc(OCC(=O)N(Cc2ccc(C)cc2)C(Cc2ccccc2)C(=O)NC(C)CC)cc1. The first-order chi connectivity index (χ1) is 17.4. The van der Waals surface area contributed by atoms with Crippen molar-refractivity contribution in [3.05, 3.63) is 101 Å². The van der Waals surface area contributed by atoms with Crippen molar-refractivity contribution in [1.29, 1.82) is 0 Å². The third-order valence-corrected chi connectivity index (χ3v) is 6.44. The molecule has 5 heteroatoms. The van der Waals surface area contributed by atoms with E-state index in [0.717, 1.165) is 29.5 Å². The molecule has 0 radical (unpaired) electrons. The summed E-state index contributed by atoms with van der Waals surface area (Å²) in [5.41, 5.74) is 4.32. The Kier molecular flexibility index (Phi) is 10.1. The van der Waals surface area contributed by atoms with Gasteiger partial charge in [-0.1, -0.05) is 86.1 Å². The Morgan fingerprint density at radius 1 is 0.861 bits per heavy atom. The lowest BCUT2D eigenvalue weighted by Gasteiger charge is -2.32. The Morgan fingerprint density at radius 2 is 1.50 bits per heavy atom. The maximum Gasteiger partial charge on any atom is 0.261 e. The Hall–Kier alpha value is -3.60. The van der Waals surface area contributed by atoms with Crippen molar-refractivity contribution in [2.24, 2.45) is 0 Å². The van der Waals surface area contributed by atoms with Crippen LogP contribution in [0.4, 0.5) is 0 Å². The van der Waals surface area contributed by atoms with Gasteiger partial charge in [0.1, 0.15) is 11.8 Å². The van der Waals surface area contributed by atoms with E-state index in [-0.39, 0.29) is 24.5 Å². The van der Waals surface area contributed by atoms with Crippen molar-refractivity contribution in [3.63, 3.8) is 0 Å². The summed E-state index contributed by atoms with van der Waals surface area (Å²) in [6.45, 7) is 8.32. The number of carbonyl (C=O) groups is 2. The molecule has 2 amide bonds. The minimum Gasteiger partial charge on any atom is -0.484 e. The molecular formula is C31H38N2O3. The molecule has 2 atom stereocenters. The van der Waals surface area contributed by atoms with Crippen LogP contribution in [0.2, 0.25) is 0 Å². The molecule has 0 aliphatic carbocycles. The highest BCUT2D eigenvalue weighted by Crippen LogP contribution is 2.17. The van der Waals surface area contributed by atoms with Gasteiger partial charge in [0.2, 0.25) is 5.91 Å². The summed E-state index contributed by atoms with van der Waals surface area (Å²) in [6, 6.07) is 25.0. The first-order valence-electron chi connectivity index (χ1n) is 12.8. The van der Waals surface area contributed by atoms with Crippen LogP contribution in [0.15, 0.2) is 78.9 Å². The molecule has 0 bridgehead atoms. The normalized spacial score (nSPS) is 12.4. The lowest BCUT2D eigenvalue weighted by atomic mass is 10.0. The van der Waals surface area contributed by atoms with Crippen molar-refractivity contribution in [2.75, 3.05) is 6.61 Å². The van der Waals surface area contributed by atoms with E-state index < -0.39 is 6.04 Å². The molecule has 0 saturated carbocycles. The van der Waals surface area contributed by atoms with E-state index in [1.54, 1.807) is 4.90 Å². The van der Waals surface area contributed by atoms with Crippen LogP contribution in [0.1, 0.15) is 49.4 Å². The summed E-state index contributed by atoms with van der Waals surface area (Å²) >= 11 is 0. The van der Waals surface area contributed by atoms with E-state index in [4.69, 9.17) is 4.74 Å². The highest BCUT2D eigenvalue weighted by atomic mass is 16.5. The molecule has 3 aromatic rings. The van der Waals surface area contributed by atoms with Crippen LogP contribution in [0.5, 0.6) is 5.75 Å². The molecule has 0 aromatic heterocycles. The second kappa shape index (κ2) is 13.5. The van der Waals surface area contributed by atoms with Gasteiger partial charge < -0.3 is 15.0 Å². The third-order valence-electron chi connectivity index (χ3n) is 6.44. The zero-order valence-electron chi connectivity index (χ0n) is 21.9. The van der Waals surface area contributed by atoms with Crippen LogP contribution in [0.3, 0.4) is 0 Å². The van der Waals surface area contributed by atoms with E-state index >= 15 is 0 Å². The van der Waals surface area contributed by atoms with E-state index in [1.165, 1.54) is 5.56 Å². The van der Waals surface area contributed by atoms with Gasteiger partial charge in [-0.25, -0.2) is 0 Å². The number of rotatable bonds is 12. The molecule has 1 N–H and O–H groups in total. The van der Waals surface area contributed by atoms with Crippen LogP contribution < -0.4 is 10.1 Å². The van der Waals surface area contributed by atoms with Gasteiger partial charge in [-0.3, -0.25) is 9.59 Å². The minimum absolute atomic E-state index is 0.0143. The summed E-state index contributed by atoms with van der Waals surface area (Å²) in [5, 5.41) is 3.09. The van der Waals surface area contributed by atoms with Crippen LogP contribution in [0.25, 0.3) is 0 Å². The summed E-state index contributed by atoms with van der Waals surface area (Å²) in [6.07, 6.45) is 2.18. The number of nitrogens with zero attached hydrogens (tertiary/aromatic N) is 1. The average Bonchev–Trinajstić information content (AvgIpc) is 2.91. The maximum atomic E-state index is 13.6. The highest BCUT2D eigenvalue weighted by Gasteiger charge is 2.31. The molecule has 0 fully saturated rings. The second-order valence-electron chi connectivity index (χ2n) is 9.32. The second-order valence-corrected chi connectivity index (χ2v) is 9.32. The lowest BCUT2D eigenvalue weighted by molar-refractivity contribution is -0.143. The van der Waals surface area contributed by atoms with Crippen molar-refractivity contribution >= 4 is 11.8 Å². The zero-order valence-corrected chi connectivity index (χ0v) is 21.9. The van der Waals surface area contributed by atoms with Gasteiger partial charge in [-0.15, -0.1) is 0 Å². The Labute approximate surface area is 215 Å². The number of ether oxygens (including phenoxy) is 1. The minimum atomic E-state index is -0.665. The molecular weight excluding hydrogens is 448 g/mol. The summed E-state index contributed by atoms with van der Waals surface area (Å²) in [4.78, 5) is 28.8. The molecule has 190 valence electrons. The number of hydrogen-bond donors (Lipinski definition) is 1.